The molecule has 0 aliphatic heterocycles. The molecule has 0 aromatic carbocycles. The predicted octanol–water partition coefficient (Wildman–Crippen LogP) is 13.0. The molecule has 0 aromatic heterocycles. The molecule has 0 aliphatic rings. The van der Waals surface area contributed by atoms with E-state index in [1.165, 1.54) is 109 Å². The van der Waals surface area contributed by atoms with Crippen molar-refractivity contribution in [2.45, 2.75) is 233 Å². The molecule has 0 N–H and O–H groups in total. The maximum atomic E-state index is 12.6. The lowest BCUT2D eigenvalue weighted by molar-refractivity contribution is -0.167. The zero-order valence-corrected chi connectivity index (χ0v) is 33.3. The van der Waals surface area contributed by atoms with Gasteiger partial charge in [-0.05, 0) is 31.1 Å². The van der Waals surface area contributed by atoms with Crippen molar-refractivity contribution in [1.82, 2.24) is 0 Å². The van der Waals surface area contributed by atoms with Gasteiger partial charge in [0.05, 0.1) is 0 Å². The minimum Gasteiger partial charge on any atom is -0.462 e. The molecular formula is C43H82O6. The van der Waals surface area contributed by atoms with Crippen LogP contribution in [0, 0.1) is 11.8 Å². The Morgan fingerprint density at radius 1 is 0.429 bits per heavy atom. The van der Waals surface area contributed by atoms with Crippen molar-refractivity contribution in [1.29, 1.82) is 0 Å². The third-order valence-corrected chi connectivity index (χ3v) is 9.83. The number of carbonyl (C=O) groups is 3. The minimum absolute atomic E-state index is 0.0667. The average Bonchev–Trinajstić information content (AvgIpc) is 3.08. The molecule has 0 aromatic rings. The molecule has 6 heteroatoms. The van der Waals surface area contributed by atoms with Gasteiger partial charge in [0.2, 0.25) is 0 Å². The molecule has 6 nitrogen and oxygen atoms in total. The van der Waals surface area contributed by atoms with Crippen molar-refractivity contribution in [3.05, 3.63) is 0 Å². The first-order valence-electron chi connectivity index (χ1n) is 21.3. The maximum absolute atomic E-state index is 12.6. The van der Waals surface area contributed by atoms with Crippen molar-refractivity contribution in [3.8, 4) is 0 Å². The normalized spacial score (nSPS) is 12.6. The van der Waals surface area contributed by atoms with Crippen LogP contribution in [-0.4, -0.2) is 37.2 Å². The molecule has 49 heavy (non-hydrogen) atoms. The molecule has 0 saturated carbocycles. The van der Waals surface area contributed by atoms with Gasteiger partial charge in [0, 0.05) is 19.3 Å². The summed E-state index contributed by atoms with van der Waals surface area (Å²) in [7, 11) is 0. The number of hydrogen-bond acceptors (Lipinski definition) is 6. The van der Waals surface area contributed by atoms with E-state index in [2.05, 4.69) is 34.6 Å². The second kappa shape index (κ2) is 36.2. The summed E-state index contributed by atoms with van der Waals surface area (Å²) in [6.45, 7) is 11.2. The predicted molar refractivity (Wildman–Crippen MR) is 206 cm³/mol. The molecule has 0 amide bonds. The molecule has 0 spiro atoms. The second-order valence-electron chi connectivity index (χ2n) is 15.3. The van der Waals surface area contributed by atoms with Gasteiger partial charge in [-0.2, -0.15) is 0 Å². The molecule has 0 rings (SSSR count). The van der Waals surface area contributed by atoms with E-state index in [0.717, 1.165) is 76.0 Å². The van der Waals surface area contributed by atoms with Gasteiger partial charge in [0.15, 0.2) is 6.10 Å². The summed E-state index contributed by atoms with van der Waals surface area (Å²) in [6, 6.07) is 0. The highest BCUT2D eigenvalue weighted by Crippen LogP contribution is 2.17. The summed E-state index contributed by atoms with van der Waals surface area (Å²) < 4.78 is 16.6. The molecule has 0 aliphatic carbocycles. The lowest BCUT2D eigenvalue weighted by Gasteiger charge is -2.18. The van der Waals surface area contributed by atoms with E-state index < -0.39 is 6.10 Å². The summed E-state index contributed by atoms with van der Waals surface area (Å²) >= 11 is 0. The number of carbonyl (C=O) groups excluding carboxylic acids is 3. The molecule has 2 atom stereocenters. The largest absolute Gasteiger partial charge is 0.462 e. The Kier molecular flexibility index (Phi) is 35.0. The van der Waals surface area contributed by atoms with Gasteiger partial charge in [-0.1, -0.05) is 189 Å². The molecule has 0 radical (unpaired) electrons. The molecule has 1 unspecified atom stereocenters. The van der Waals surface area contributed by atoms with E-state index in [4.69, 9.17) is 14.2 Å². The fourth-order valence-electron chi connectivity index (χ4n) is 6.19. The van der Waals surface area contributed by atoms with Gasteiger partial charge >= 0.3 is 17.9 Å². The molecule has 0 fully saturated rings. The standard InChI is InChI=1S/C43H82O6/c1-6-8-9-21-28-33-41(44)47-36-40(37-48-42(45)34-29-24-19-16-12-13-17-22-26-31-38(3)4)49-43(46)35-30-25-20-15-11-10-14-18-23-27-32-39(5)7-2/h38-40H,6-37H2,1-5H3/t39?,40-/m0/s1. The number of esters is 3. The van der Waals surface area contributed by atoms with Crippen molar-refractivity contribution in [2.24, 2.45) is 11.8 Å². The van der Waals surface area contributed by atoms with E-state index >= 15 is 0 Å². The van der Waals surface area contributed by atoms with E-state index in [9.17, 15) is 14.4 Å². The first kappa shape index (κ1) is 47.4. The molecule has 0 bridgehead atoms. The Morgan fingerprint density at radius 3 is 1.16 bits per heavy atom. The quantitative estimate of drug-likeness (QED) is 0.0366. The van der Waals surface area contributed by atoms with Gasteiger partial charge in [-0.15, -0.1) is 0 Å². The molecule has 0 heterocycles. The van der Waals surface area contributed by atoms with Crippen LogP contribution in [0.25, 0.3) is 0 Å². The van der Waals surface area contributed by atoms with Crippen LogP contribution in [0.1, 0.15) is 227 Å². The van der Waals surface area contributed by atoms with Crippen molar-refractivity contribution in [2.75, 3.05) is 13.2 Å². The first-order valence-corrected chi connectivity index (χ1v) is 21.3. The number of ether oxygens (including phenoxy) is 3. The van der Waals surface area contributed by atoms with Crippen molar-refractivity contribution >= 4 is 17.9 Å². The second-order valence-corrected chi connectivity index (χ2v) is 15.3. The Morgan fingerprint density at radius 2 is 0.776 bits per heavy atom. The summed E-state index contributed by atoms with van der Waals surface area (Å²) in [5.74, 6) is 0.800. The van der Waals surface area contributed by atoms with Gasteiger partial charge in [-0.3, -0.25) is 14.4 Å². The maximum Gasteiger partial charge on any atom is 0.306 e. The van der Waals surface area contributed by atoms with Crippen LogP contribution in [0.15, 0.2) is 0 Å². The van der Waals surface area contributed by atoms with E-state index in [-0.39, 0.29) is 31.1 Å². The van der Waals surface area contributed by atoms with E-state index in [1.54, 1.807) is 0 Å². The molecular weight excluding hydrogens is 612 g/mol. The van der Waals surface area contributed by atoms with Crippen LogP contribution in [-0.2, 0) is 28.6 Å². The monoisotopic (exact) mass is 695 g/mol. The van der Waals surface area contributed by atoms with Crippen molar-refractivity contribution in [3.63, 3.8) is 0 Å². The summed E-state index contributed by atoms with van der Waals surface area (Å²) in [5.41, 5.74) is 0. The lowest BCUT2D eigenvalue weighted by Crippen LogP contribution is -2.30. The van der Waals surface area contributed by atoms with Gasteiger partial charge in [-0.25, -0.2) is 0 Å². The van der Waals surface area contributed by atoms with Crippen LogP contribution in [0.4, 0.5) is 0 Å². The van der Waals surface area contributed by atoms with Crippen molar-refractivity contribution < 1.29 is 28.6 Å². The van der Waals surface area contributed by atoms with Crippen LogP contribution in [0.2, 0.25) is 0 Å². The van der Waals surface area contributed by atoms with Gasteiger partial charge in [0.1, 0.15) is 13.2 Å². The zero-order valence-electron chi connectivity index (χ0n) is 33.3. The van der Waals surface area contributed by atoms with Crippen LogP contribution >= 0.6 is 0 Å². The Balaban J connectivity index is 4.24. The van der Waals surface area contributed by atoms with Crippen LogP contribution < -0.4 is 0 Å². The summed E-state index contributed by atoms with van der Waals surface area (Å²) in [6.07, 6.45) is 32.5. The fourth-order valence-corrected chi connectivity index (χ4v) is 6.19. The van der Waals surface area contributed by atoms with Gasteiger partial charge < -0.3 is 14.2 Å². The lowest BCUT2D eigenvalue weighted by atomic mass is 9.99. The Hall–Kier alpha value is -1.59. The molecule has 0 saturated heterocycles. The fraction of sp³-hybridized carbons (Fsp3) is 0.930. The van der Waals surface area contributed by atoms with E-state index in [1.807, 2.05) is 0 Å². The topological polar surface area (TPSA) is 78.9 Å². The van der Waals surface area contributed by atoms with Gasteiger partial charge in [0.25, 0.3) is 0 Å². The Bertz CT molecular complexity index is 751. The highest BCUT2D eigenvalue weighted by molar-refractivity contribution is 5.71. The highest BCUT2D eigenvalue weighted by Gasteiger charge is 2.19. The smallest absolute Gasteiger partial charge is 0.306 e. The summed E-state index contributed by atoms with van der Waals surface area (Å²) in [4.78, 5) is 37.4. The first-order chi connectivity index (χ1) is 23.8. The average molecular weight is 695 g/mol. The number of rotatable bonds is 37. The van der Waals surface area contributed by atoms with Crippen LogP contribution in [0.5, 0.6) is 0 Å². The number of hydrogen-bond donors (Lipinski definition) is 0. The minimum atomic E-state index is -0.758. The molecule has 290 valence electrons. The Labute approximate surface area is 304 Å². The van der Waals surface area contributed by atoms with Crippen LogP contribution in [0.3, 0.4) is 0 Å². The highest BCUT2D eigenvalue weighted by atomic mass is 16.6. The number of unbranched alkanes of at least 4 members (excludes halogenated alkanes) is 21. The summed E-state index contributed by atoms with van der Waals surface area (Å²) in [5, 5.41) is 0. The van der Waals surface area contributed by atoms with E-state index in [0.29, 0.717) is 19.3 Å². The zero-order chi connectivity index (χ0) is 36.2. The third-order valence-electron chi connectivity index (χ3n) is 9.83. The third kappa shape index (κ3) is 36.0. The SMILES string of the molecule is CCCCCCCC(=O)OC[C@@H](COC(=O)CCCCCCCCCCCC(C)C)OC(=O)CCCCCCCCCCCCC(C)CC.